The van der Waals surface area contributed by atoms with Gasteiger partial charge in [0, 0.05) is 12.1 Å². The Morgan fingerprint density at radius 1 is 1.25 bits per heavy atom. The molecule has 1 aliphatic rings. The van der Waals surface area contributed by atoms with Gasteiger partial charge in [-0.3, -0.25) is 4.90 Å². The zero-order chi connectivity index (χ0) is 11.8. The molecule has 96 valence electrons. The Hall–Kier alpha value is -0.0800. The van der Waals surface area contributed by atoms with Gasteiger partial charge in [0.1, 0.15) is 0 Å². The van der Waals surface area contributed by atoms with Crippen molar-refractivity contribution in [1.29, 1.82) is 0 Å². The Labute approximate surface area is 101 Å². The highest BCUT2D eigenvalue weighted by atomic mass is 16.3. The van der Waals surface area contributed by atoms with Gasteiger partial charge in [0.05, 0.1) is 6.61 Å². The minimum Gasteiger partial charge on any atom is -0.395 e. The third kappa shape index (κ3) is 4.42. The summed E-state index contributed by atoms with van der Waals surface area (Å²) < 4.78 is 0. The van der Waals surface area contributed by atoms with E-state index in [9.17, 15) is 5.11 Å². The van der Waals surface area contributed by atoms with E-state index in [0.717, 1.165) is 0 Å². The van der Waals surface area contributed by atoms with Gasteiger partial charge in [0.15, 0.2) is 0 Å². The molecule has 0 radical (unpaired) electrons. The smallest absolute Gasteiger partial charge is 0.0586 e. The zero-order valence-electron chi connectivity index (χ0n) is 11.1. The van der Waals surface area contributed by atoms with Gasteiger partial charge >= 0.3 is 0 Å². The predicted molar refractivity (Wildman–Crippen MR) is 69.7 cm³/mol. The molecule has 2 atom stereocenters. The number of nitrogens with zero attached hydrogens (tertiary/aromatic N) is 1. The number of aliphatic hydroxyl groups is 1. The Bertz CT molecular complexity index is 172. The van der Waals surface area contributed by atoms with Crippen molar-refractivity contribution in [1.82, 2.24) is 4.90 Å². The standard InChI is InChI=1S/C14H29NO/c1-3-4-5-6-7-9-13(2)15-11-8-10-14(15)12-16/h13-14,16H,3-12H2,1-2H3/t13?,14-/m1/s1. The summed E-state index contributed by atoms with van der Waals surface area (Å²) >= 11 is 0. The van der Waals surface area contributed by atoms with Gasteiger partial charge in [-0.2, -0.15) is 0 Å². The molecule has 0 aromatic rings. The van der Waals surface area contributed by atoms with E-state index in [2.05, 4.69) is 18.7 Å². The van der Waals surface area contributed by atoms with Crippen LogP contribution in [0.15, 0.2) is 0 Å². The second-order valence-corrected chi connectivity index (χ2v) is 5.27. The van der Waals surface area contributed by atoms with Crippen molar-refractivity contribution in [2.45, 2.75) is 77.3 Å². The van der Waals surface area contributed by atoms with E-state index >= 15 is 0 Å². The maximum atomic E-state index is 9.29. The first kappa shape index (κ1) is 14.0. The van der Waals surface area contributed by atoms with Crippen LogP contribution in [0.4, 0.5) is 0 Å². The van der Waals surface area contributed by atoms with Crippen molar-refractivity contribution in [3.63, 3.8) is 0 Å². The molecule has 1 N–H and O–H groups in total. The highest BCUT2D eigenvalue weighted by Crippen LogP contribution is 2.22. The van der Waals surface area contributed by atoms with Gasteiger partial charge in [-0.25, -0.2) is 0 Å². The molecule has 1 aliphatic heterocycles. The van der Waals surface area contributed by atoms with Gasteiger partial charge in [-0.15, -0.1) is 0 Å². The summed E-state index contributed by atoms with van der Waals surface area (Å²) in [5.74, 6) is 0. The van der Waals surface area contributed by atoms with E-state index in [1.54, 1.807) is 0 Å². The van der Waals surface area contributed by atoms with Crippen molar-refractivity contribution in [3.05, 3.63) is 0 Å². The van der Waals surface area contributed by atoms with Crippen LogP contribution in [0, 0.1) is 0 Å². The molecule has 2 heteroatoms. The molecular formula is C14H29NO. The summed E-state index contributed by atoms with van der Waals surface area (Å²) in [6, 6.07) is 1.12. The molecular weight excluding hydrogens is 198 g/mol. The van der Waals surface area contributed by atoms with Gasteiger partial charge < -0.3 is 5.11 Å². The lowest BCUT2D eigenvalue weighted by Crippen LogP contribution is -2.39. The molecule has 0 aromatic carbocycles. The first-order valence-corrected chi connectivity index (χ1v) is 7.16. The van der Waals surface area contributed by atoms with E-state index < -0.39 is 0 Å². The van der Waals surface area contributed by atoms with E-state index in [0.29, 0.717) is 18.7 Å². The number of rotatable bonds is 8. The Balaban J connectivity index is 2.11. The third-order valence-electron chi connectivity index (χ3n) is 3.93. The number of unbranched alkanes of at least 4 members (excludes halogenated alkanes) is 4. The van der Waals surface area contributed by atoms with E-state index in [1.165, 1.54) is 57.9 Å². The molecule has 1 fully saturated rings. The van der Waals surface area contributed by atoms with Crippen LogP contribution in [-0.4, -0.2) is 35.2 Å². The Morgan fingerprint density at radius 2 is 2.00 bits per heavy atom. The van der Waals surface area contributed by atoms with Gasteiger partial charge in [-0.05, 0) is 32.7 Å². The van der Waals surface area contributed by atoms with Crippen molar-refractivity contribution in [3.8, 4) is 0 Å². The molecule has 1 heterocycles. The molecule has 1 saturated heterocycles. The van der Waals surface area contributed by atoms with Crippen LogP contribution in [0.3, 0.4) is 0 Å². The topological polar surface area (TPSA) is 23.5 Å². The molecule has 1 rings (SSSR count). The first-order chi connectivity index (χ1) is 7.79. The first-order valence-electron chi connectivity index (χ1n) is 7.16. The fourth-order valence-corrected chi connectivity index (χ4v) is 2.84. The number of aliphatic hydroxyl groups excluding tert-OH is 1. The van der Waals surface area contributed by atoms with Crippen LogP contribution in [0.25, 0.3) is 0 Å². The molecule has 0 spiro atoms. The fourth-order valence-electron chi connectivity index (χ4n) is 2.84. The van der Waals surface area contributed by atoms with Gasteiger partial charge in [0.2, 0.25) is 0 Å². The number of likely N-dealkylation sites (tertiary alicyclic amines) is 1. The van der Waals surface area contributed by atoms with Crippen LogP contribution in [-0.2, 0) is 0 Å². The minimum atomic E-state index is 0.347. The lowest BCUT2D eigenvalue weighted by atomic mass is 10.1. The molecule has 0 aliphatic carbocycles. The highest BCUT2D eigenvalue weighted by molar-refractivity contribution is 4.82. The second-order valence-electron chi connectivity index (χ2n) is 5.27. The summed E-state index contributed by atoms with van der Waals surface area (Å²) in [6.07, 6.45) is 10.6. The quantitative estimate of drug-likeness (QED) is 0.644. The second kappa shape index (κ2) is 8.08. The van der Waals surface area contributed by atoms with Gasteiger partial charge in [-0.1, -0.05) is 39.0 Å². The fraction of sp³-hybridized carbons (Fsp3) is 1.00. The van der Waals surface area contributed by atoms with Crippen molar-refractivity contribution < 1.29 is 5.11 Å². The summed E-state index contributed by atoms with van der Waals surface area (Å²) in [4.78, 5) is 2.51. The van der Waals surface area contributed by atoms with Crippen LogP contribution < -0.4 is 0 Å². The Morgan fingerprint density at radius 3 is 2.69 bits per heavy atom. The normalized spacial score (nSPS) is 23.8. The monoisotopic (exact) mass is 227 g/mol. The molecule has 2 nitrogen and oxygen atoms in total. The van der Waals surface area contributed by atoms with Crippen LogP contribution in [0.1, 0.15) is 65.2 Å². The van der Waals surface area contributed by atoms with Crippen LogP contribution in [0.5, 0.6) is 0 Å². The minimum absolute atomic E-state index is 0.347. The van der Waals surface area contributed by atoms with E-state index in [-0.39, 0.29) is 0 Å². The number of hydrogen-bond acceptors (Lipinski definition) is 2. The summed E-state index contributed by atoms with van der Waals surface area (Å²) in [5.41, 5.74) is 0. The third-order valence-corrected chi connectivity index (χ3v) is 3.93. The maximum Gasteiger partial charge on any atom is 0.0586 e. The van der Waals surface area contributed by atoms with Crippen LogP contribution >= 0.6 is 0 Å². The molecule has 0 saturated carbocycles. The summed E-state index contributed by atoms with van der Waals surface area (Å²) in [6.45, 7) is 6.13. The largest absolute Gasteiger partial charge is 0.395 e. The Kier molecular flexibility index (Phi) is 7.06. The summed E-state index contributed by atoms with van der Waals surface area (Å²) in [5, 5.41) is 9.29. The highest BCUT2D eigenvalue weighted by Gasteiger charge is 2.27. The molecule has 0 amide bonds. The van der Waals surface area contributed by atoms with E-state index in [4.69, 9.17) is 0 Å². The average molecular weight is 227 g/mol. The molecule has 1 unspecified atom stereocenters. The summed E-state index contributed by atoms with van der Waals surface area (Å²) in [7, 11) is 0. The lowest BCUT2D eigenvalue weighted by Gasteiger charge is -2.29. The van der Waals surface area contributed by atoms with E-state index in [1.807, 2.05) is 0 Å². The molecule has 0 bridgehead atoms. The lowest BCUT2D eigenvalue weighted by molar-refractivity contribution is 0.120. The average Bonchev–Trinajstić information content (AvgIpc) is 2.76. The zero-order valence-corrected chi connectivity index (χ0v) is 11.1. The van der Waals surface area contributed by atoms with Crippen molar-refractivity contribution in [2.75, 3.05) is 13.2 Å². The molecule has 16 heavy (non-hydrogen) atoms. The van der Waals surface area contributed by atoms with Gasteiger partial charge in [0.25, 0.3) is 0 Å². The van der Waals surface area contributed by atoms with Crippen molar-refractivity contribution in [2.24, 2.45) is 0 Å². The van der Waals surface area contributed by atoms with Crippen molar-refractivity contribution >= 4 is 0 Å². The number of hydrogen-bond donors (Lipinski definition) is 1. The van der Waals surface area contributed by atoms with Crippen LogP contribution in [0.2, 0.25) is 0 Å². The predicted octanol–water partition coefficient (Wildman–Crippen LogP) is 3.19. The maximum absolute atomic E-state index is 9.29. The SMILES string of the molecule is CCCCCCCC(C)N1CCC[C@@H]1CO. The molecule has 0 aromatic heterocycles.